The SMILES string of the molecule is Cc1nc(CNS(=O)(=O)c2cccc(C(=O)NC[C@@H]3CCOC3)c2)n[nH]1. The van der Waals surface area contributed by atoms with Gasteiger partial charge in [0.15, 0.2) is 5.82 Å². The summed E-state index contributed by atoms with van der Waals surface area (Å²) in [4.78, 5) is 16.3. The normalized spacial score (nSPS) is 17.3. The standard InChI is InChI=1S/C16H21N5O4S/c1-11-19-15(21-20-11)9-18-26(23,24)14-4-2-3-13(7-14)16(22)17-8-12-5-6-25-10-12/h2-4,7,12,18H,5-6,8-10H2,1H3,(H,17,22)(H,19,20,21)/t12-/m0/s1. The average Bonchev–Trinajstić information content (AvgIpc) is 3.29. The van der Waals surface area contributed by atoms with Crippen LogP contribution in [-0.4, -0.2) is 49.3 Å². The molecule has 0 radical (unpaired) electrons. The number of ether oxygens (including phenoxy) is 1. The minimum absolute atomic E-state index is 0.0154. The van der Waals surface area contributed by atoms with Gasteiger partial charge in [0.25, 0.3) is 5.91 Å². The summed E-state index contributed by atoms with van der Waals surface area (Å²) in [5.74, 6) is 0.945. The highest BCUT2D eigenvalue weighted by Crippen LogP contribution is 2.14. The maximum atomic E-state index is 12.4. The molecule has 1 saturated heterocycles. The largest absolute Gasteiger partial charge is 0.381 e. The van der Waals surface area contributed by atoms with E-state index in [0.29, 0.717) is 42.9 Å². The van der Waals surface area contributed by atoms with Gasteiger partial charge in [0.1, 0.15) is 5.82 Å². The summed E-state index contributed by atoms with van der Waals surface area (Å²) in [6.07, 6.45) is 0.916. The fraction of sp³-hybridized carbons (Fsp3) is 0.438. The minimum Gasteiger partial charge on any atom is -0.381 e. The molecule has 1 amide bonds. The lowest BCUT2D eigenvalue weighted by Crippen LogP contribution is -2.30. The van der Waals surface area contributed by atoms with Crippen LogP contribution >= 0.6 is 0 Å². The number of H-pyrrole nitrogens is 1. The van der Waals surface area contributed by atoms with Gasteiger partial charge in [-0.25, -0.2) is 18.1 Å². The molecule has 2 heterocycles. The van der Waals surface area contributed by atoms with Crippen LogP contribution in [0.4, 0.5) is 0 Å². The Kier molecular flexibility index (Phi) is 5.64. The molecule has 1 fully saturated rings. The molecule has 1 aliphatic rings. The second-order valence-corrected chi connectivity index (χ2v) is 7.90. The van der Waals surface area contributed by atoms with E-state index < -0.39 is 10.0 Å². The summed E-state index contributed by atoms with van der Waals surface area (Å²) < 4.78 is 32.6. The molecule has 26 heavy (non-hydrogen) atoms. The van der Waals surface area contributed by atoms with Crippen molar-refractivity contribution >= 4 is 15.9 Å². The summed E-state index contributed by atoms with van der Waals surface area (Å²) in [6.45, 7) is 3.55. The molecule has 1 aromatic carbocycles. The van der Waals surface area contributed by atoms with Crippen molar-refractivity contribution in [2.24, 2.45) is 5.92 Å². The predicted molar refractivity (Wildman–Crippen MR) is 92.8 cm³/mol. The Morgan fingerprint density at radius 3 is 2.96 bits per heavy atom. The highest BCUT2D eigenvalue weighted by molar-refractivity contribution is 7.89. The lowest BCUT2D eigenvalue weighted by Gasteiger charge is -2.10. The van der Waals surface area contributed by atoms with Crippen LogP contribution in [0.5, 0.6) is 0 Å². The Labute approximate surface area is 151 Å². The van der Waals surface area contributed by atoms with Gasteiger partial charge in [-0.05, 0) is 31.5 Å². The summed E-state index contributed by atoms with van der Waals surface area (Å²) in [5, 5.41) is 9.35. The van der Waals surface area contributed by atoms with Crippen LogP contribution in [0.2, 0.25) is 0 Å². The van der Waals surface area contributed by atoms with E-state index in [0.717, 1.165) is 6.42 Å². The summed E-state index contributed by atoms with van der Waals surface area (Å²) in [7, 11) is -3.78. The van der Waals surface area contributed by atoms with Gasteiger partial charge in [0, 0.05) is 24.6 Å². The molecule has 3 N–H and O–H groups in total. The van der Waals surface area contributed by atoms with E-state index >= 15 is 0 Å². The van der Waals surface area contributed by atoms with E-state index in [4.69, 9.17) is 4.74 Å². The fourth-order valence-corrected chi connectivity index (χ4v) is 3.62. The molecule has 0 saturated carbocycles. The van der Waals surface area contributed by atoms with Crippen LogP contribution < -0.4 is 10.0 Å². The molecule has 9 nitrogen and oxygen atoms in total. The first kappa shape index (κ1) is 18.5. The van der Waals surface area contributed by atoms with Crippen LogP contribution in [0.1, 0.15) is 28.4 Å². The molecule has 0 aliphatic carbocycles. The van der Waals surface area contributed by atoms with Gasteiger partial charge in [-0.15, -0.1) is 0 Å². The summed E-state index contributed by atoms with van der Waals surface area (Å²) in [6, 6.07) is 5.91. The highest BCUT2D eigenvalue weighted by Gasteiger charge is 2.19. The molecule has 3 rings (SSSR count). The third kappa shape index (κ3) is 4.65. The van der Waals surface area contributed by atoms with Crippen molar-refractivity contribution in [2.45, 2.75) is 24.8 Å². The molecule has 1 aromatic heterocycles. The van der Waals surface area contributed by atoms with Gasteiger partial charge in [-0.2, -0.15) is 5.10 Å². The van der Waals surface area contributed by atoms with Gasteiger partial charge in [0.05, 0.1) is 18.0 Å². The molecule has 1 aliphatic heterocycles. The second kappa shape index (κ2) is 7.94. The average molecular weight is 379 g/mol. The molecule has 1 atom stereocenters. The van der Waals surface area contributed by atoms with E-state index in [2.05, 4.69) is 25.2 Å². The van der Waals surface area contributed by atoms with Gasteiger partial charge in [-0.1, -0.05) is 6.07 Å². The number of benzene rings is 1. The topological polar surface area (TPSA) is 126 Å². The van der Waals surface area contributed by atoms with Crippen LogP contribution in [0.25, 0.3) is 0 Å². The molecule has 0 bridgehead atoms. The minimum atomic E-state index is -3.78. The van der Waals surface area contributed by atoms with Crippen molar-refractivity contribution in [3.8, 4) is 0 Å². The van der Waals surface area contributed by atoms with Crippen molar-refractivity contribution in [1.29, 1.82) is 0 Å². The first-order valence-electron chi connectivity index (χ1n) is 8.27. The van der Waals surface area contributed by atoms with Crippen molar-refractivity contribution in [3.05, 3.63) is 41.5 Å². The predicted octanol–water partition coefficient (Wildman–Crippen LogP) is 0.358. The zero-order valence-corrected chi connectivity index (χ0v) is 15.2. The van der Waals surface area contributed by atoms with E-state index in [-0.39, 0.29) is 17.3 Å². The fourth-order valence-electron chi connectivity index (χ4n) is 2.60. The Balaban J connectivity index is 1.63. The second-order valence-electron chi connectivity index (χ2n) is 6.13. The van der Waals surface area contributed by atoms with Crippen LogP contribution in [0.3, 0.4) is 0 Å². The number of aromatic nitrogens is 3. The maximum absolute atomic E-state index is 12.4. The number of hydrogen-bond donors (Lipinski definition) is 3. The maximum Gasteiger partial charge on any atom is 0.251 e. The zero-order chi connectivity index (χ0) is 18.6. The third-order valence-corrected chi connectivity index (χ3v) is 5.44. The first-order chi connectivity index (χ1) is 12.4. The van der Waals surface area contributed by atoms with Gasteiger partial charge < -0.3 is 10.1 Å². The van der Waals surface area contributed by atoms with Crippen LogP contribution in [-0.2, 0) is 21.3 Å². The number of rotatable bonds is 7. The Bertz CT molecular complexity index is 874. The smallest absolute Gasteiger partial charge is 0.251 e. The number of aryl methyl sites for hydroxylation is 1. The van der Waals surface area contributed by atoms with E-state index in [9.17, 15) is 13.2 Å². The van der Waals surface area contributed by atoms with Gasteiger partial charge >= 0.3 is 0 Å². The zero-order valence-electron chi connectivity index (χ0n) is 14.4. The highest BCUT2D eigenvalue weighted by atomic mass is 32.2. The first-order valence-corrected chi connectivity index (χ1v) is 9.76. The van der Waals surface area contributed by atoms with E-state index in [1.807, 2.05) is 0 Å². The number of hydrogen-bond acceptors (Lipinski definition) is 6. The van der Waals surface area contributed by atoms with E-state index in [1.54, 1.807) is 19.1 Å². The van der Waals surface area contributed by atoms with Crippen molar-refractivity contribution in [1.82, 2.24) is 25.2 Å². The Hall–Kier alpha value is -2.30. The molecule has 2 aromatic rings. The number of nitrogens with one attached hydrogen (secondary N) is 3. The lowest BCUT2D eigenvalue weighted by molar-refractivity contribution is 0.0944. The van der Waals surface area contributed by atoms with Crippen molar-refractivity contribution < 1.29 is 17.9 Å². The molecule has 0 spiro atoms. The monoisotopic (exact) mass is 379 g/mol. The van der Waals surface area contributed by atoms with E-state index in [1.165, 1.54) is 12.1 Å². The van der Waals surface area contributed by atoms with Crippen LogP contribution in [0.15, 0.2) is 29.2 Å². The van der Waals surface area contributed by atoms with Crippen molar-refractivity contribution in [3.63, 3.8) is 0 Å². The summed E-state index contributed by atoms with van der Waals surface area (Å²) >= 11 is 0. The van der Waals surface area contributed by atoms with Gasteiger partial charge in [0.2, 0.25) is 10.0 Å². The molecular formula is C16H21N5O4S. The number of aromatic amines is 1. The molecular weight excluding hydrogens is 358 g/mol. The van der Waals surface area contributed by atoms with Crippen molar-refractivity contribution in [2.75, 3.05) is 19.8 Å². The number of carbonyl (C=O) groups excluding carboxylic acids is 1. The van der Waals surface area contributed by atoms with Gasteiger partial charge in [-0.3, -0.25) is 9.89 Å². The quantitative estimate of drug-likeness (QED) is 0.638. The Morgan fingerprint density at radius 1 is 1.42 bits per heavy atom. The lowest BCUT2D eigenvalue weighted by atomic mass is 10.1. The number of sulfonamides is 1. The number of amides is 1. The number of carbonyl (C=O) groups is 1. The molecule has 0 unspecified atom stereocenters. The Morgan fingerprint density at radius 2 is 2.27 bits per heavy atom. The molecule has 140 valence electrons. The van der Waals surface area contributed by atoms with Crippen LogP contribution in [0, 0.1) is 12.8 Å². The summed E-state index contributed by atoms with van der Waals surface area (Å²) in [5.41, 5.74) is 0.292. The third-order valence-electron chi connectivity index (χ3n) is 4.05. The number of nitrogens with zero attached hydrogens (tertiary/aromatic N) is 2. The molecule has 10 heteroatoms.